The standard InChI is InChI=1S/C18H18N4O3S/c1-2-19-17-15-8-7-14(9-16(15)21-22-18(17)20-11-23)13-5-3-12(4-6-13)10-26(24)25/h3-9,11H,2,10H2,1H3,(H,19,21)(H,24,25)(H,20,22,23)/p-1. The highest BCUT2D eigenvalue weighted by molar-refractivity contribution is 7.78. The lowest BCUT2D eigenvalue weighted by Gasteiger charge is -2.12. The van der Waals surface area contributed by atoms with Gasteiger partial charge in [0.05, 0.1) is 11.2 Å². The number of benzene rings is 2. The first-order valence-electron chi connectivity index (χ1n) is 8.02. The minimum Gasteiger partial charge on any atom is -0.772 e. The second kappa shape index (κ2) is 8.03. The molecule has 0 aliphatic heterocycles. The fourth-order valence-electron chi connectivity index (χ4n) is 2.73. The smallest absolute Gasteiger partial charge is 0.212 e. The summed E-state index contributed by atoms with van der Waals surface area (Å²) in [5.74, 6) is 0.388. The Kier molecular flexibility index (Phi) is 5.55. The van der Waals surface area contributed by atoms with Gasteiger partial charge in [-0.2, -0.15) is 0 Å². The third kappa shape index (κ3) is 3.87. The van der Waals surface area contributed by atoms with Crippen LogP contribution in [0.1, 0.15) is 12.5 Å². The molecule has 0 bridgehead atoms. The zero-order valence-electron chi connectivity index (χ0n) is 14.1. The number of hydrogen-bond acceptors (Lipinski definition) is 6. The Hall–Kier alpha value is -2.84. The van der Waals surface area contributed by atoms with Gasteiger partial charge >= 0.3 is 0 Å². The summed E-state index contributed by atoms with van der Waals surface area (Å²) in [6, 6.07) is 13.1. The molecular weight excluding hydrogens is 352 g/mol. The van der Waals surface area contributed by atoms with Crippen LogP contribution in [0.15, 0.2) is 42.5 Å². The van der Waals surface area contributed by atoms with Gasteiger partial charge in [-0.25, -0.2) is 0 Å². The predicted octanol–water partition coefficient (Wildman–Crippen LogP) is 2.68. The average Bonchev–Trinajstić information content (AvgIpc) is 2.63. The normalized spacial score (nSPS) is 11.9. The number of carbonyl (C=O) groups excluding carboxylic acids is 1. The van der Waals surface area contributed by atoms with Crippen molar-refractivity contribution in [2.45, 2.75) is 12.7 Å². The van der Waals surface area contributed by atoms with Crippen molar-refractivity contribution in [3.63, 3.8) is 0 Å². The van der Waals surface area contributed by atoms with Crippen LogP contribution in [-0.2, 0) is 21.6 Å². The summed E-state index contributed by atoms with van der Waals surface area (Å²) < 4.78 is 21.6. The average molecular weight is 369 g/mol. The fraction of sp³-hybridized carbons (Fsp3) is 0.167. The van der Waals surface area contributed by atoms with E-state index < -0.39 is 11.1 Å². The molecule has 8 heteroatoms. The molecule has 1 aromatic heterocycles. The summed E-state index contributed by atoms with van der Waals surface area (Å²) in [5.41, 5.74) is 4.06. The minimum absolute atomic E-state index is 0.00202. The van der Waals surface area contributed by atoms with Crippen molar-refractivity contribution in [2.24, 2.45) is 0 Å². The lowest BCUT2D eigenvalue weighted by atomic mass is 10.0. The number of fused-ring (bicyclic) bond motifs is 1. The molecule has 134 valence electrons. The number of nitrogens with one attached hydrogen (secondary N) is 2. The first kappa shape index (κ1) is 18.0. The molecule has 0 aliphatic rings. The van der Waals surface area contributed by atoms with Gasteiger partial charge in [-0.15, -0.1) is 10.2 Å². The van der Waals surface area contributed by atoms with Gasteiger partial charge in [0, 0.05) is 17.7 Å². The molecule has 0 radical (unpaired) electrons. The van der Waals surface area contributed by atoms with Gasteiger partial charge in [0.15, 0.2) is 5.82 Å². The van der Waals surface area contributed by atoms with Crippen LogP contribution < -0.4 is 10.6 Å². The van der Waals surface area contributed by atoms with E-state index in [1.54, 1.807) is 12.1 Å². The van der Waals surface area contributed by atoms with E-state index in [4.69, 9.17) is 0 Å². The highest BCUT2D eigenvalue weighted by Crippen LogP contribution is 2.31. The van der Waals surface area contributed by atoms with Crippen molar-refractivity contribution in [3.8, 4) is 11.1 Å². The van der Waals surface area contributed by atoms with Crippen LogP contribution >= 0.6 is 0 Å². The van der Waals surface area contributed by atoms with Crippen molar-refractivity contribution >= 4 is 39.9 Å². The molecule has 0 spiro atoms. The van der Waals surface area contributed by atoms with E-state index in [9.17, 15) is 13.6 Å². The molecule has 2 aromatic carbocycles. The van der Waals surface area contributed by atoms with E-state index in [2.05, 4.69) is 20.8 Å². The van der Waals surface area contributed by atoms with Crippen molar-refractivity contribution in [2.75, 3.05) is 17.2 Å². The number of hydrogen-bond donors (Lipinski definition) is 2. The molecule has 1 heterocycles. The quantitative estimate of drug-likeness (QED) is 0.490. The largest absolute Gasteiger partial charge is 0.772 e. The molecule has 0 saturated heterocycles. The molecule has 1 atom stereocenters. The second-order valence-electron chi connectivity index (χ2n) is 5.59. The Morgan fingerprint density at radius 1 is 1.12 bits per heavy atom. The lowest BCUT2D eigenvalue weighted by molar-refractivity contribution is -0.105. The Labute approximate surface area is 153 Å². The van der Waals surface area contributed by atoms with E-state index in [-0.39, 0.29) is 5.75 Å². The number of carbonyl (C=O) groups is 1. The van der Waals surface area contributed by atoms with Crippen LogP contribution in [0.4, 0.5) is 11.5 Å². The first-order valence-corrected chi connectivity index (χ1v) is 9.26. The zero-order chi connectivity index (χ0) is 18.5. The SMILES string of the molecule is CCNc1c(NC=O)nnc2cc(-c3ccc(CS(=O)[O-])cc3)ccc12. The molecule has 3 aromatic rings. The number of nitrogens with zero attached hydrogens (tertiary/aromatic N) is 2. The Morgan fingerprint density at radius 3 is 2.50 bits per heavy atom. The van der Waals surface area contributed by atoms with Gasteiger partial charge in [-0.05, 0) is 35.7 Å². The minimum atomic E-state index is -2.10. The number of amides is 1. The Balaban J connectivity index is 2.00. The molecule has 0 fully saturated rings. The molecule has 26 heavy (non-hydrogen) atoms. The van der Waals surface area contributed by atoms with Crippen LogP contribution in [0.25, 0.3) is 22.0 Å². The van der Waals surface area contributed by atoms with E-state index in [0.29, 0.717) is 24.3 Å². The third-order valence-corrected chi connectivity index (χ3v) is 4.45. The zero-order valence-corrected chi connectivity index (χ0v) is 14.9. The van der Waals surface area contributed by atoms with Crippen LogP contribution in [-0.4, -0.2) is 31.9 Å². The molecule has 7 nitrogen and oxygen atoms in total. The van der Waals surface area contributed by atoms with Crippen LogP contribution in [0.3, 0.4) is 0 Å². The maximum Gasteiger partial charge on any atom is 0.212 e. The Bertz CT molecular complexity index is 961. The van der Waals surface area contributed by atoms with Crippen molar-refractivity contribution in [1.82, 2.24) is 10.2 Å². The molecular formula is C18H17N4O3S-. The first-order chi connectivity index (χ1) is 12.6. The molecule has 3 rings (SSSR count). The van der Waals surface area contributed by atoms with E-state index >= 15 is 0 Å². The van der Waals surface area contributed by atoms with E-state index in [1.165, 1.54) is 0 Å². The highest BCUT2D eigenvalue weighted by Gasteiger charge is 2.11. The van der Waals surface area contributed by atoms with Gasteiger partial charge in [-0.1, -0.05) is 41.4 Å². The van der Waals surface area contributed by atoms with Crippen LogP contribution in [0.5, 0.6) is 0 Å². The highest BCUT2D eigenvalue weighted by atomic mass is 32.2. The molecule has 1 unspecified atom stereocenters. The maximum atomic E-state index is 10.8. The van der Waals surface area contributed by atoms with Crippen molar-refractivity contribution in [3.05, 3.63) is 48.0 Å². The second-order valence-corrected chi connectivity index (χ2v) is 6.49. The summed E-state index contributed by atoms with van der Waals surface area (Å²) >= 11 is -2.10. The predicted molar refractivity (Wildman–Crippen MR) is 101 cm³/mol. The summed E-state index contributed by atoms with van der Waals surface area (Å²) in [6.07, 6.45) is 0.571. The third-order valence-electron chi connectivity index (χ3n) is 3.88. The number of rotatable bonds is 7. The van der Waals surface area contributed by atoms with Gasteiger partial charge < -0.3 is 15.2 Å². The van der Waals surface area contributed by atoms with Crippen LogP contribution in [0.2, 0.25) is 0 Å². The maximum absolute atomic E-state index is 10.8. The Morgan fingerprint density at radius 2 is 1.85 bits per heavy atom. The van der Waals surface area contributed by atoms with Gasteiger partial charge in [0.2, 0.25) is 6.41 Å². The fourth-order valence-corrected chi connectivity index (χ4v) is 3.19. The van der Waals surface area contributed by atoms with Gasteiger partial charge in [0.25, 0.3) is 0 Å². The summed E-state index contributed by atoms with van der Waals surface area (Å²) in [5, 5.41) is 14.9. The number of aromatic nitrogens is 2. The molecule has 1 amide bonds. The summed E-state index contributed by atoms with van der Waals surface area (Å²) in [7, 11) is 0. The molecule has 2 N–H and O–H groups in total. The van der Waals surface area contributed by atoms with Crippen molar-refractivity contribution in [1.29, 1.82) is 0 Å². The number of anilines is 2. The van der Waals surface area contributed by atoms with Gasteiger partial charge in [-0.3, -0.25) is 9.00 Å². The van der Waals surface area contributed by atoms with E-state index in [0.717, 1.165) is 27.8 Å². The van der Waals surface area contributed by atoms with E-state index in [1.807, 2.05) is 37.3 Å². The van der Waals surface area contributed by atoms with Crippen LogP contribution in [0, 0.1) is 0 Å². The molecule has 0 saturated carbocycles. The summed E-state index contributed by atoms with van der Waals surface area (Å²) in [4.78, 5) is 10.8. The summed E-state index contributed by atoms with van der Waals surface area (Å²) in [6.45, 7) is 2.64. The lowest BCUT2D eigenvalue weighted by Crippen LogP contribution is -2.07. The molecule has 0 aliphatic carbocycles. The topological polar surface area (TPSA) is 107 Å². The van der Waals surface area contributed by atoms with Gasteiger partial charge in [0.1, 0.15) is 0 Å². The van der Waals surface area contributed by atoms with Crippen molar-refractivity contribution < 1.29 is 13.6 Å². The monoisotopic (exact) mass is 369 g/mol.